The van der Waals surface area contributed by atoms with E-state index in [1.807, 2.05) is 6.07 Å². The van der Waals surface area contributed by atoms with Crippen molar-refractivity contribution in [3.8, 4) is 5.88 Å². The monoisotopic (exact) mass is 335 g/mol. The summed E-state index contributed by atoms with van der Waals surface area (Å²) in [6.45, 7) is 2.97. The number of nitrogens with one attached hydrogen (secondary N) is 1. The van der Waals surface area contributed by atoms with Crippen LogP contribution in [-0.2, 0) is 6.42 Å². The van der Waals surface area contributed by atoms with E-state index in [0.717, 1.165) is 23.1 Å². The summed E-state index contributed by atoms with van der Waals surface area (Å²) in [4.78, 5) is 8.41. The molecule has 0 amide bonds. The summed E-state index contributed by atoms with van der Waals surface area (Å²) in [6.07, 6.45) is 2.42. The molecule has 20 heavy (non-hydrogen) atoms. The average molecular weight is 336 g/mol. The molecule has 0 bridgehead atoms. The summed E-state index contributed by atoms with van der Waals surface area (Å²) in [6, 6.07) is 10.4. The van der Waals surface area contributed by atoms with Crippen LogP contribution < -0.4 is 10.1 Å². The zero-order valence-electron chi connectivity index (χ0n) is 11.6. The molecule has 0 radical (unpaired) electrons. The van der Waals surface area contributed by atoms with Crippen LogP contribution in [0.4, 0.5) is 0 Å². The molecule has 1 unspecified atom stereocenters. The second-order valence-corrected chi connectivity index (χ2v) is 5.34. The Balaban J connectivity index is 2.19. The minimum Gasteiger partial charge on any atom is -0.481 e. The molecule has 0 fully saturated rings. The first-order valence-electron chi connectivity index (χ1n) is 6.56. The smallest absolute Gasteiger partial charge is 0.216 e. The number of benzene rings is 1. The van der Waals surface area contributed by atoms with Gasteiger partial charge in [-0.05, 0) is 30.7 Å². The van der Waals surface area contributed by atoms with Crippen molar-refractivity contribution < 1.29 is 4.74 Å². The van der Waals surface area contributed by atoms with Crippen LogP contribution in [0.15, 0.2) is 41.1 Å². The first kappa shape index (κ1) is 14.9. The van der Waals surface area contributed by atoms with Crippen molar-refractivity contribution in [3.63, 3.8) is 0 Å². The van der Waals surface area contributed by atoms with Gasteiger partial charge in [-0.2, -0.15) is 0 Å². The first-order chi connectivity index (χ1) is 9.72. The van der Waals surface area contributed by atoms with E-state index in [-0.39, 0.29) is 6.04 Å². The normalized spacial score (nSPS) is 12.2. The number of hydrogen-bond donors (Lipinski definition) is 1. The Kier molecular flexibility index (Phi) is 5.49. The average Bonchev–Trinajstić information content (AvgIpc) is 2.49. The van der Waals surface area contributed by atoms with Gasteiger partial charge >= 0.3 is 0 Å². The molecule has 2 rings (SSSR count). The summed E-state index contributed by atoms with van der Waals surface area (Å²) in [5.74, 6) is 0.591. The van der Waals surface area contributed by atoms with Gasteiger partial charge in [0.25, 0.3) is 0 Å². The van der Waals surface area contributed by atoms with Gasteiger partial charge in [-0.25, -0.2) is 9.97 Å². The molecule has 0 aliphatic rings. The van der Waals surface area contributed by atoms with Gasteiger partial charge in [0.2, 0.25) is 5.88 Å². The molecule has 4 nitrogen and oxygen atoms in total. The van der Waals surface area contributed by atoms with Crippen molar-refractivity contribution >= 4 is 15.9 Å². The van der Waals surface area contributed by atoms with E-state index in [0.29, 0.717) is 5.88 Å². The molecule has 1 heterocycles. The lowest BCUT2D eigenvalue weighted by Gasteiger charge is -2.17. The second kappa shape index (κ2) is 7.36. The van der Waals surface area contributed by atoms with Crippen LogP contribution in [0.5, 0.6) is 5.88 Å². The fraction of sp³-hybridized carbons (Fsp3) is 0.333. The fourth-order valence-corrected chi connectivity index (χ4v) is 2.30. The van der Waals surface area contributed by atoms with Gasteiger partial charge in [0.15, 0.2) is 0 Å². The summed E-state index contributed by atoms with van der Waals surface area (Å²) in [5, 5.41) is 3.46. The van der Waals surface area contributed by atoms with Crippen LogP contribution in [0.1, 0.15) is 24.2 Å². The molecule has 0 saturated heterocycles. The number of ether oxygens (including phenoxy) is 1. The third-order valence-electron chi connectivity index (χ3n) is 3.03. The molecule has 106 valence electrons. The van der Waals surface area contributed by atoms with Gasteiger partial charge in [0, 0.05) is 10.5 Å². The predicted octanol–water partition coefficient (Wildman–Crippen LogP) is 3.14. The molecule has 0 aliphatic carbocycles. The Morgan fingerprint density at radius 3 is 2.65 bits per heavy atom. The number of halogens is 1. The van der Waals surface area contributed by atoms with Gasteiger partial charge in [-0.3, -0.25) is 0 Å². The molecule has 1 aromatic carbocycles. The number of aromatic nitrogens is 2. The molecule has 5 heteroatoms. The topological polar surface area (TPSA) is 47.0 Å². The van der Waals surface area contributed by atoms with E-state index < -0.39 is 0 Å². The summed E-state index contributed by atoms with van der Waals surface area (Å²) in [5.41, 5.74) is 2.21. The number of hydrogen-bond acceptors (Lipinski definition) is 4. The third kappa shape index (κ3) is 4.02. The van der Waals surface area contributed by atoms with E-state index >= 15 is 0 Å². The predicted molar refractivity (Wildman–Crippen MR) is 82.8 cm³/mol. The lowest BCUT2D eigenvalue weighted by molar-refractivity contribution is 0.393. The maximum absolute atomic E-state index is 5.16. The molecule has 2 aromatic rings. The third-order valence-corrected chi connectivity index (χ3v) is 3.56. The minimum atomic E-state index is 0.151. The highest BCUT2D eigenvalue weighted by molar-refractivity contribution is 9.10. The van der Waals surface area contributed by atoms with Crippen LogP contribution in [0, 0.1) is 0 Å². The summed E-state index contributed by atoms with van der Waals surface area (Å²) >= 11 is 3.45. The molecule has 1 N–H and O–H groups in total. The summed E-state index contributed by atoms with van der Waals surface area (Å²) in [7, 11) is 1.61. The number of methoxy groups -OCH3 is 1. The van der Waals surface area contributed by atoms with Crippen molar-refractivity contribution in [2.24, 2.45) is 0 Å². The van der Waals surface area contributed by atoms with Crippen molar-refractivity contribution in [1.29, 1.82) is 0 Å². The molecule has 0 saturated carbocycles. The maximum Gasteiger partial charge on any atom is 0.216 e. The second-order valence-electron chi connectivity index (χ2n) is 4.43. The van der Waals surface area contributed by atoms with Crippen molar-refractivity contribution in [1.82, 2.24) is 15.3 Å². The molecular formula is C15H18BrN3O. The van der Waals surface area contributed by atoms with E-state index in [1.165, 1.54) is 5.56 Å². The van der Waals surface area contributed by atoms with Gasteiger partial charge < -0.3 is 10.1 Å². The van der Waals surface area contributed by atoms with Gasteiger partial charge in [0.05, 0.1) is 18.8 Å². The van der Waals surface area contributed by atoms with E-state index in [1.54, 1.807) is 13.4 Å². The lowest BCUT2D eigenvalue weighted by atomic mass is 10.0. The number of nitrogens with zero attached hydrogens (tertiary/aromatic N) is 2. The summed E-state index contributed by atoms with van der Waals surface area (Å²) < 4.78 is 6.25. The van der Waals surface area contributed by atoms with Crippen LogP contribution in [0.2, 0.25) is 0 Å². The van der Waals surface area contributed by atoms with Gasteiger partial charge in [-0.15, -0.1) is 0 Å². The van der Waals surface area contributed by atoms with Gasteiger partial charge in [-0.1, -0.05) is 35.0 Å². The zero-order valence-corrected chi connectivity index (χ0v) is 13.2. The van der Waals surface area contributed by atoms with Crippen molar-refractivity contribution in [2.75, 3.05) is 13.7 Å². The highest BCUT2D eigenvalue weighted by Crippen LogP contribution is 2.20. The quantitative estimate of drug-likeness (QED) is 0.880. The number of rotatable bonds is 6. The van der Waals surface area contributed by atoms with E-state index in [9.17, 15) is 0 Å². The lowest BCUT2D eigenvalue weighted by Crippen LogP contribution is -2.24. The SMILES string of the molecule is CCNC(Cc1ccc(Br)cc1)c1cc(OC)ncn1. The Morgan fingerprint density at radius 2 is 2.00 bits per heavy atom. The molecule has 0 spiro atoms. The standard InChI is InChI=1S/C15H18BrN3O/c1-3-17-13(8-11-4-6-12(16)7-5-11)14-9-15(20-2)19-10-18-14/h4-7,9-10,13,17H,3,8H2,1-2H3. The first-order valence-corrected chi connectivity index (χ1v) is 7.36. The van der Waals surface area contributed by atoms with Crippen LogP contribution in [0.3, 0.4) is 0 Å². The Bertz CT molecular complexity index is 545. The van der Waals surface area contributed by atoms with Crippen molar-refractivity contribution in [2.45, 2.75) is 19.4 Å². The van der Waals surface area contributed by atoms with Crippen LogP contribution >= 0.6 is 15.9 Å². The van der Waals surface area contributed by atoms with Crippen molar-refractivity contribution in [3.05, 3.63) is 52.4 Å². The Labute approximate surface area is 127 Å². The number of likely N-dealkylation sites (N-methyl/N-ethyl adjacent to an activating group) is 1. The Morgan fingerprint density at radius 1 is 1.25 bits per heavy atom. The van der Waals surface area contributed by atoms with Crippen LogP contribution in [-0.4, -0.2) is 23.6 Å². The fourth-order valence-electron chi connectivity index (χ4n) is 2.04. The zero-order chi connectivity index (χ0) is 14.4. The highest BCUT2D eigenvalue weighted by atomic mass is 79.9. The van der Waals surface area contributed by atoms with E-state index in [2.05, 4.69) is 62.4 Å². The van der Waals surface area contributed by atoms with E-state index in [4.69, 9.17) is 4.74 Å². The molecule has 1 aromatic heterocycles. The minimum absolute atomic E-state index is 0.151. The van der Waals surface area contributed by atoms with Gasteiger partial charge in [0.1, 0.15) is 6.33 Å². The highest BCUT2D eigenvalue weighted by Gasteiger charge is 2.13. The van der Waals surface area contributed by atoms with Crippen LogP contribution in [0.25, 0.3) is 0 Å². The Hall–Kier alpha value is -1.46. The molecule has 0 aliphatic heterocycles. The molecular weight excluding hydrogens is 318 g/mol. The molecule has 1 atom stereocenters. The maximum atomic E-state index is 5.16. The largest absolute Gasteiger partial charge is 0.481 e.